The standard InChI is InChI=1S/C23H31N3O3S.ClH/c1-30(2,29)25-20-15-26(21(27)14-19(20)18-8-4-3-5-9-18)17-23(28)12-13-24-16-22(23)10-6-7-11-22;/h3-5,8-9,14-15,24,28H,6-7,10-13,16-17H2,1-2H3;1H. The Morgan fingerprint density at radius 1 is 1.16 bits per heavy atom. The fourth-order valence-corrected chi connectivity index (χ4v) is 5.74. The highest BCUT2D eigenvalue weighted by atomic mass is 35.5. The fraction of sp³-hybridized carbons (Fsp3) is 0.522. The number of aromatic nitrogens is 1. The number of pyridine rings is 1. The Hall–Kier alpha value is -1.67. The van der Waals surface area contributed by atoms with Gasteiger partial charge in [0.1, 0.15) is 0 Å². The lowest BCUT2D eigenvalue weighted by atomic mass is 9.66. The summed E-state index contributed by atoms with van der Waals surface area (Å²) in [6.45, 7) is 1.76. The Morgan fingerprint density at radius 2 is 1.84 bits per heavy atom. The third-order valence-corrected chi connectivity index (χ3v) is 7.30. The first kappa shape index (κ1) is 24.0. The van der Waals surface area contributed by atoms with E-state index in [1.54, 1.807) is 29.3 Å². The molecule has 1 spiro atoms. The summed E-state index contributed by atoms with van der Waals surface area (Å²) in [6.07, 6.45) is 9.64. The normalized spacial score (nSPS) is 22.8. The van der Waals surface area contributed by atoms with Gasteiger partial charge in [-0.1, -0.05) is 43.2 Å². The average molecular weight is 466 g/mol. The van der Waals surface area contributed by atoms with Gasteiger partial charge >= 0.3 is 0 Å². The van der Waals surface area contributed by atoms with Crippen LogP contribution in [0.25, 0.3) is 11.1 Å². The summed E-state index contributed by atoms with van der Waals surface area (Å²) in [7, 11) is -2.42. The van der Waals surface area contributed by atoms with Crippen LogP contribution < -0.4 is 10.9 Å². The number of nitrogens with zero attached hydrogens (tertiary/aromatic N) is 2. The lowest BCUT2D eigenvalue weighted by Crippen LogP contribution is -2.60. The zero-order chi connectivity index (χ0) is 21.4. The molecule has 170 valence electrons. The summed E-state index contributed by atoms with van der Waals surface area (Å²) < 4.78 is 18.5. The molecule has 1 unspecified atom stereocenters. The minimum Gasteiger partial charge on any atom is -0.387 e. The summed E-state index contributed by atoms with van der Waals surface area (Å²) in [5.74, 6) is 0. The van der Waals surface area contributed by atoms with E-state index in [4.69, 9.17) is 0 Å². The van der Waals surface area contributed by atoms with Crippen LogP contribution in [0.5, 0.6) is 0 Å². The Morgan fingerprint density at radius 3 is 2.48 bits per heavy atom. The van der Waals surface area contributed by atoms with E-state index in [1.807, 2.05) is 30.3 Å². The second-order valence-electron chi connectivity index (χ2n) is 9.12. The fourth-order valence-electron chi connectivity index (χ4n) is 5.12. The highest BCUT2D eigenvalue weighted by Crippen LogP contribution is 2.49. The first-order valence-electron chi connectivity index (χ1n) is 10.6. The Bertz CT molecular complexity index is 1090. The molecule has 2 fully saturated rings. The average Bonchev–Trinajstić information content (AvgIpc) is 3.17. The number of hydrogen-bond acceptors (Lipinski definition) is 5. The summed E-state index contributed by atoms with van der Waals surface area (Å²) in [5, 5.41) is 15.2. The third kappa shape index (κ3) is 4.90. The number of hydrogen-bond donors (Lipinski definition) is 2. The molecule has 6 nitrogen and oxygen atoms in total. The van der Waals surface area contributed by atoms with Crippen molar-refractivity contribution in [3.63, 3.8) is 0 Å². The topological polar surface area (TPSA) is 83.7 Å². The van der Waals surface area contributed by atoms with Crippen molar-refractivity contribution >= 4 is 27.8 Å². The molecule has 0 bridgehead atoms. The third-order valence-electron chi connectivity index (χ3n) is 6.67. The molecule has 1 aliphatic heterocycles. The van der Waals surface area contributed by atoms with Gasteiger partial charge in [0, 0.05) is 52.0 Å². The van der Waals surface area contributed by atoms with Crippen molar-refractivity contribution in [1.82, 2.24) is 9.88 Å². The van der Waals surface area contributed by atoms with Gasteiger partial charge in [0.25, 0.3) is 5.56 Å². The zero-order valence-electron chi connectivity index (χ0n) is 18.2. The van der Waals surface area contributed by atoms with Crippen LogP contribution in [-0.2, 0) is 16.3 Å². The highest BCUT2D eigenvalue weighted by molar-refractivity contribution is 7.92. The van der Waals surface area contributed by atoms with Gasteiger partial charge in [-0.15, -0.1) is 12.4 Å². The number of piperidine rings is 1. The molecule has 1 aromatic carbocycles. The van der Waals surface area contributed by atoms with E-state index in [0.29, 0.717) is 17.7 Å². The maximum atomic E-state index is 13.1. The molecular formula is C23H32ClN3O3S. The van der Waals surface area contributed by atoms with Gasteiger partial charge in [0.2, 0.25) is 0 Å². The van der Waals surface area contributed by atoms with Gasteiger partial charge in [-0.3, -0.25) is 4.79 Å². The van der Waals surface area contributed by atoms with Crippen LogP contribution in [-0.4, -0.2) is 45.1 Å². The lowest BCUT2D eigenvalue weighted by molar-refractivity contribution is -0.115. The van der Waals surface area contributed by atoms with E-state index < -0.39 is 15.3 Å². The summed E-state index contributed by atoms with van der Waals surface area (Å²) in [5.41, 5.74) is 0.742. The maximum Gasteiger partial charge on any atom is 0.251 e. The molecule has 1 saturated heterocycles. The maximum absolute atomic E-state index is 13.1. The molecule has 0 amide bonds. The Kier molecular flexibility index (Phi) is 7.01. The first-order chi connectivity index (χ1) is 14.2. The van der Waals surface area contributed by atoms with E-state index in [0.717, 1.165) is 44.3 Å². The zero-order valence-corrected chi connectivity index (χ0v) is 19.8. The first-order valence-corrected chi connectivity index (χ1v) is 12.9. The van der Waals surface area contributed by atoms with Crippen LogP contribution >= 0.6 is 12.4 Å². The SMILES string of the molecule is CS(C)(=O)=Nc1cn(CC2(O)CCNCC23CCCC3)c(=O)cc1-c1ccccc1.Cl. The molecule has 2 aromatic rings. The number of halogens is 1. The van der Waals surface area contributed by atoms with Gasteiger partial charge in [0.05, 0.1) is 17.8 Å². The second-order valence-corrected chi connectivity index (χ2v) is 11.7. The minimum absolute atomic E-state index is 0. The molecule has 1 aliphatic carbocycles. The van der Waals surface area contributed by atoms with Crippen molar-refractivity contribution in [1.29, 1.82) is 0 Å². The van der Waals surface area contributed by atoms with E-state index in [9.17, 15) is 14.1 Å². The van der Waals surface area contributed by atoms with Crippen LogP contribution in [0.4, 0.5) is 5.69 Å². The summed E-state index contributed by atoms with van der Waals surface area (Å²) in [4.78, 5) is 13.1. The van der Waals surface area contributed by atoms with Crippen molar-refractivity contribution in [3.05, 3.63) is 52.9 Å². The monoisotopic (exact) mass is 465 g/mol. The number of nitrogens with one attached hydrogen (secondary N) is 1. The quantitative estimate of drug-likeness (QED) is 0.722. The molecule has 2 heterocycles. The van der Waals surface area contributed by atoms with Crippen LogP contribution in [0.15, 0.2) is 51.8 Å². The molecule has 1 saturated carbocycles. The van der Waals surface area contributed by atoms with E-state index >= 15 is 0 Å². The Balaban J connectivity index is 0.00000272. The van der Waals surface area contributed by atoms with Gasteiger partial charge < -0.3 is 15.0 Å². The predicted octanol–water partition coefficient (Wildman–Crippen LogP) is 3.58. The largest absolute Gasteiger partial charge is 0.387 e. The second kappa shape index (κ2) is 9.06. The predicted molar refractivity (Wildman–Crippen MR) is 129 cm³/mol. The van der Waals surface area contributed by atoms with E-state index in [1.165, 1.54) is 0 Å². The molecule has 2 N–H and O–H groups in total. The molecule has 0 radical (unpaired) electrons. The Labute approximate surface area is 190 Å². The van der Waals surface area contributed by atoms with Gasteiger partial charge in [-0.2, -0.15) is 4.36 Å². The van der Waals surface area contributed by atoms with E-state index in [-0.39, 0.29) is 29.9 Å². The lowest BCUT2D eigenvalue weighted by Gasteiger charge is -2.49. The van der Waals surface area contributed by atoms with Crippen molar-refractivity contribution < 1.29 is 9.32 Å². The smallest absolute Gasteiger partial charge is 0.251 e. The molecule has 1 aromatic heterocycles. The van der Waals surface area contributed by atoms with Crippen LogP contribution in [0.1, 0.15) is 32.1 Å². The number of aliphatic hydroxyl groups is 1. The van der Waals surface area contributed by atoms with Crippen molar-refractivity contribution in [2.45, 2.75) is 44.2 Å². The molecule has 2 aliphatic rings. The molecule has 1 atom stereocenters. The molecule has 31 heavy (non-hydrogen) atoms. The molecule has 4 rings (SSSR count). The molecular weight excluding hydrogens is 434 g/mol. The van der Waals surface area contributed by atoms with Crippen LogP contribution in [0.2, 0.25) is 0 Å². The number of benzene rings is 1. The molecule has 8 heteroatoms. The summed E-state index contributed by atoms with van der Waals surface area (Å²) in [6, 6.07) is 11.1. The van der Waals surface area contributed by atoms with E-state index in [2.05, 4.69) is 9.68 Å². The summed E-state index contributed by atoms with van der Waals surface area (Å²) >= 11 is 0. The van der Waals surface area contributed by atoms with Gasteiger partial charge in [0.15, 0.2) is 0 Å². The van der Waals surface area contributed by atoms with Gasteiger partial charge in [-0.05, 0) is 31.4 Å². The van der Waals surface area contributed by atoms with Crippen molar-refractivity contribution in [3.8, 4) is 11.1 Å². The van der Waals surface area contributed by atoms with Crippen LogP contribution in [0, 0.1) is 5.41 Å². The van der Waals surface area contributed by atoms with Crippen molar-refractivity contribution in [2.75, 3.05) is 25.6 Å². The minimum atomic E-state index is -2.42. The number of rotatable bonds is 4. The van der Waals surface area contributed by atoms with Crippen molar-refractivity contribution in [2.24, 2.45) is 9.78 Å². The van der Waals surface area contributed by atoms with Gasteiger partial charge in [-0.25, -0.2) is 4.21 Å². The highest BCUT2D eigenvalue weighted by Gasteiger charge is 2.53. The van der Waals surface area contributed by atoms with Crippen LogP contribution in [0.3, 0.4) is 0 Å².